The lowest BCUT2D eigenvalue weighted by Crippen LogP contribution is -2.58. The molecule has 1 spiro atoms. The molecule has 0 unspecified atom stereocenters. The molecule has 0 aromatic carbocycles. The maximum Gasteiger partial charge on any atom is 0.257 e. The van der Waals surface area contributed by atoms with Gasteiger partial charge in [-0.25, -0.2) is 31.5 Å². The van der Waals surface area contributed by atoms with Gasteiger partial charge in [0.05, 0.1) is 10.7 Å². The number of alkyl halides is 2. The van der Waals surface area contributed by atoms with Crippen molar-refractivity contribution >= 4 is 16.0 Å². The Kier molecular flexibility index (Phi) is 3.58. The van der Waals surface area contributed by atoms with Crippen molar-refractivity contribution in [3.05, 3.63) is 18.5 Å². The van der Waals surface area contributed by atoms with E-state index in [4.69, 9.17) is 0 Å². The van der Waals surface area contributed by atoms with Crippen LogP contribution in [0.5, 0.6) is 0 Å². The van der Waals surface area contributed by atoms with Gasteiger partial charge in [-0.3, -0.25) is 0 Å². The molecule has 0 amide bonds. The lowest BCUT2D eigenvalue weighted by Gasteiger charge is -2.45. The van der Waals surface area contributed by atoms with Crippen LogP contribution in [0.4, 0.5) is 14.7 Å². The minimum absolute atomic E-state index is 0.0840. The van der Waals surface area contributed by atoms with Crippen molar-refractivity contribution in [3.63, 3.8) is 0 Å². The minimum Gasteiger partial charge on any atom is -0.340 e. The number of aromatic nitrogens is 2. The molecular formula is C15H20F2N4O2S. The number of nitrogens with zero attached hydrogens (tertiary/aromatic N) is 4. The van der Waals surface area contributed by atoms with Crippen LogP contribution in [0, 0.1) is 5.41 Å². The first-order chi connectivity index (χ1) is 11.3. The first-order valence-corrected chi connectivity index (χ1v) is 9.73. The van der Waals surface area contributed by atoms with Crippen molar-refractivity contribution < 1.29 is 17.2 Å². The Labute approximate surface area is 139 Å². The number of rotatable bonds is 3. The van der Waals surface area contributed by atoms with Gasteiger partial charge in [0.2, 0.25) is 16.0 Å². The standard InChI is InChI=1S/C15H20F2N4O2S/c16-15(17)5-9-21(24(22,23)12-2-3-12)11-14(15)4-8-20(10-14)13-18-6-1-7-19-13/h1,6-7,12H,2-5,8-11H2/t14-/m0/s1. The van der Waals surface area contributed by atoms with Crippen LogP contribution in [-0.2, 0) is 10.0 Å². The van der Waals surface area contributed by atoms with E-state index in [1.807, 2.05) is 0 Å². The van der Waals surface area contributed by atoms with E-state index in [0.29, 0.717) is 25.3 Å². The molecule has 0 bridgehead atoms. The van der Waals surface area contributed by atoms with E-state index in [2.05, 4.69) is 9.97 Å². The maximum atomic E-state index is 14.7. The van der Waals surface area contributed by atoms with Crippen molar-refractivity contribution in [1.82, 2.24) is 14.3 Å². The molecule has 4 rings (SSSR count). The number of piperidine rings is 1. The summed E-state index contributed by atoms with van der Waals surface area (Å²) in [6.45, 7) is 0.301. The van der Waals surface area contributed by atoms with Gasteiger partial charge in [-0.05, 0) is 25.3 Å². The summed E-state index contributed by atoms with van der Waals surface area (Å²) in [7, 11) is -3.43. The number of halogens is 2. The highest BCUT2D eigenvalue weighted by Gasteiger charge is 2.61. The molecule has 3 fully saturated rings. The Morgan fingerprint density at radius 3 is 2.46 bits per heavy atom. The zero-order valence-corrected chi connectivity index (χ0v) is 14.1. The maximum absolute atomic E-state index is 14.7. The van der Waals surface area contributed by atoms with Crippen LogP contribution in [-0.4, -0.2) is 60.0 Å². The van der Waals surface area contributed by atoms with Crippen molar-refractivity contribution in [2.45, 2.75) is 36.9 Å². The molecule has 1 aromatic rings. The van der Waals surface area contributed by atoms with Crippen LogP contribution >= 0.6 is 0 Å². The van der Waals surface area contributed by atoms with E-state index in [0.717, 1.165) is 0 Å². The third kappa shape index (κ3) is 2.48. The highest BCUT2D eigenvalue weighted by molar-refractivity contribution is 7.90. The minimum atomic E-state index is -3.43. The topological polar surface area (TPSA) is 66.4 Å². The summed E-state index contributed by atoms with van der Waals surface area (Å²) < 4.78 is 55.8. The van der Waals surface area contributed by atoms with Crippen LogP contribution < -0.4 is 4.90 Å². The molecular weight excluding hydrogens is 338 g/mol. The predicted molar refractivity (Wildman–Crippen MR) is 84.4 cm³/mol. The second-order valence-electron chi connectivity index (χ2n) is 7.03. The van der Waals surface area contributed by atoms with E-state index in [9.17, 15) is 17.2 Å². The number of hydrogen-bond acceptors (Lipinski definition) is 5. The van der Waals surface area contributed by atoms with Gasteiger partial charge in [0.15, 0.2) is 0 Å². The van der Waals surface area contributed by atoms with Gasteiger partial charge in [0, 0.05) is 45.0 Å². The molecule has 0 radical (unpaired) electrons. The molecule has 1 aromatic heterocycles. The summed E-state index contributed by atoms with van der Waals surface area (Å²) in [5.74, 6) is -2.46. The molecule has 1 atom stereocenters. The van der Waals surface area contributed by atoms with Crippen molar-refractivity contribution in [2.75, 3.05) is 31.1 Å². The van der Waals surface area contributed by atoms with Crippen LogP contribution in [0.3, 0.4) is 0 Å². The van der Waals surface area contributed by atoms with Gasteiger partial charge in [-0.2, -0.15) is 0 Å². The fourth-order valence-electron chi connectivity index (χ4n) is 3.78. The lowest BCUT2D eigenvalue weighted by atomic mass is 9.76. The van der Waals surface area contributed by atoms with Crippen LogP contribution in [0.2, 0.25) is 0 Å². The van der Waals surface area contributed by atoms with E-state index >= 15 is 0 Å². The van der Waals surface area contributed by atoms with Crippen LogP contribution in [0.25, 0.3) is 0 Å². The first-order valence-electron chi connectivity index (χ1n) is 8.23. The Morgan fingerprint density at radius 1 is 1.08 bits per heavy atom. The average Bonchev–Trinajstić information content (AvgIpc) is 3.33. The van der Waals surface area contributed by atoms with Gasteiger partial charge in [-0.15, -0.1) is 0 Å². The van der Waals surface area contributed by atoms with E-state index in [1.54, 1.807) is 23.4 Å². The Hall–Kier alpha value is -1.35. The SMILES string of the molecule is O=S(=O)(C1CC1)N1CCC(F)(F)[C@]2(CCN(c3ncccn3)C2)C1. The van der Waals surface area contributed by atoms with E-state index < -0.39 is 27.8 Å². The third-order valence-electron chi connectivity index (χ3n) is 5.42. The van der Waals surface area contributed by atoms with Gasteiger partial charge in [0.1, 0.15) is 0 Å². The fraction of sp³-hybridized carbons (Fsp3) is 0.733. The number of hydrogen-bond donors (Lipinski definition) is 0. The van der Waals surface area contributed by atoms with Gasteiger partial charge >= 0.3 is 0 Å². The smallest absolute Gasteiger partial charge is 0.257 e. The Bertz CT molecular complexity index is 726. The predicted octanol–water partition coefficient (Wildman–Crippen LogP) is 1.51. The molecule has 1 saturated carbocycles. The summed E-state index contributed by atoms with van der Waals surface area (Å²) in [5.41, 5.74) is -1.35. The third-order valence-corrected chi connectivity index (χ3v) is 7.77. The summed E-state index contributed by atoms with van der Waals surface area (Å²) in [4.78, 5) is 10.00. The number of anilines is 1. The second kappa shape index (κ2) is 5.32. The molecule has 3 heterocycles. The van der Waals surface area contributed by atoms with Crippen molar-refractivity contribution in [1.29, 1.82) is 0 Å². The molecule has 132 valence electrons. The molecule has 0 N–H and O–H groups in total. The van der Waals surface area contributed by atoms with E-state index in [-0.39, 0.29) is 31.3 Å². The molecule has 2 aliphatic heterocycles. The molecule has 2 saturated heterocycles. The summed E-state index contributed by atoms with van der Waals surface area (Å²) in [6, 6.07) is 1.68. The number of sulfonamides is 1. The molecule has 24 heavy (non-hydrogen) atoms. The second-order valence-corrected chi connectivity index (χ2v) is 9.25. The Morgan fingerprint density at radius 2 is 1.79 bits per heavy atom. The molecule has 9 heteroatoms. The van der Waals surface area contributed by atoms with Gasteiger partial charge < -0.3 is 4.90 Å². The van der Waals surface area contributed by atoms with E-state index in [1.165, 1.54) is 4.31 Å². The Balaban J connectivity index is 1.60. The van der Waals surface area contributed by atoms with Gasteiger partial charge in [0.25, 0.3) is 5.92 Å². The summed E-state index contributed by atoms with van der Waals surface area (Å²) in [6.07, 6.45) is 4.28. The van der Waals surface area contributed by atoms with Crippen molar-refractivity contribution in [3.8, 4) is 0 Å². The zero-order valence-electron chi connectivity index (χ0n) is 13.2. The first kappa shape index (κ1) is 16.1. The van der Waals surface area contributed by atoms with Gasteiger partial charge in [-0.1, -0.05) is 0 Å². The average molecular weight is 358 g/mol. The van der Waals surface area contributed by atoms with Crippen LogP contribution in [0.15, 0.2) is 18.5 Å². The van der Waals surface area contributed by atoms with Crippen molar-refractivity contribution in [2.24, 2.45) is 5.41 Å². The molecule has 1 aliphatic carbocycles. The lowest BCUT2D eigenvalue weighted by molar-refractivity contribution is -0.145. The highest BCUT2D eigenvalue weighted by Crippen LogP contribution is 2.51. The monoisotopic (exact) mass is 358 g/mol. The normalized spacial score (nSPS) is 30.8. The fourth-order valence-corrected chi connectivity index (χ4v) is 5.71. The zero-order chi connectivity index (χ0) is 17.0. The summed E-state index contributed by atoms with van der Waals surface area (Å²) >= 11 is 0. The molecule has 3 aliphatic rings. The van der Waals surface area contributed by atoms with Crippen LogP contribution in [0.1, 0.15) is 25.7 Å². The molecule has 6 nitrogen and oxygen atoms in total. The summed E-state index contributed by atoms with van der Waals surface area (Å²) in [5, 5.41) is -0.365. The largest absolute Gasteiger partial charge is 0.340 e. The highest BCUT2D eigenvalue weighted by atomic mass is 32.2. The quantitative estimate of drug-likeness (QED) is 0.819.